The minimum atomic E-state index is -1.08. The van der Waals surface area contributed by atoms with Crippen molar-refractivity contribution in [2.75, 3.05) is 0 Å². The van der Waals surface area contributed by atoms with Crippen LogP contribution in [0.1, 0.15) is 48.9 Å². The molecule has 0 aromatic heterocycles. The normalized spacial score (nSPS) is 16.8. The third-order valence-electron chi connectivity index (χ3n) is 3.89. The number of hydrogen-bond acceptors (Lipinski definition) is 3. The van der Waals surface area contributed by atoms with Crippen molar-refractivity contribution in [3.05, 3.63) is 41.4 Å². The Balaban J connectivity index is 2.13. The van der Waals surface area contributed by atoms with E-state index >= 15 is 0 Å². The maximum Gasteiger partial charge on any atom is 0.405 e. The molecule has 1 aliphatic rings. The monoisotopic (exact) mass is 286 g/mol. The highest BCUT2D eigenvalue weighted by Crippen LogP contribution is 2.31. The molecule has 0 heterocycles. The summed E-state index contributed by atoms with van der Waals surface area (Å²) in [5, 5.41) is 10.4. The maximum absolute atomic E-state index is 12.2. The van der Waals surface area contributed by atoms with Gasteiger partial charge in [-0.3, -0.25) is 9.59 Å². The van der Waals surface area contributed by atoms with E-state index in [9.17, 15) is 14.7 Å². The summed E-state index contributed by atoms with van der Waals surface area (Å²) in [5.74, 6) is -1.24. The van der Waals surface area contributed by atoms with Gasteiger partial charge in [0.05, 0.1) is 5.60 Å². The zero-order valence-electron chi connectivity index (χ0n) is 11.8. The summed E-state index contributed by atoms with van der Waals surface area (Å²) >= 11 is 0. The molecular formula is C16H18N2O3. The van der Waals surface area contributed by atoms with E-state index in [2.05, 4.69) is 4.79 Å². The number of carbonyl (C=O) groups excluding carboxylic acids is 2. The van der Waals surface area contributed by atoms with Gasteiger partial charge in [-0.05, 0) is 12.8 Å². The Morgan fingerprint density at radius 2 is 1.76 bits per heavy atom. The Labute approximate surface area is 123 Å². The van der Waals surface area contributed by atoms with E-state index in [0.717, 1.165) is 19.3 Å². The molecule has 21 heavy (non-hydrogen) atoms. The first-order valence-corrected chi connectivity index (χ1v) is 7.13. The lowest BCUT2D eigenvalue weighted by Crippen LogP contribution is -2.38. The topological polar surface area (TPSA) is 90.8 Å². The quantitative estimate of drug-likeness (QED) is 0.296. The molecular weight excluding hydrogens is 268 g/mol. The summed E-state index contributed by atoms with van der Waals surface area (Å²) in [6, 6.07) is 8.19. The first-order chi connectivity index (χ1) is 10.1. The molecule has 1 aromatic carbocycles. The zero-order valence-corrected chi connectivity index (χ0v) is 11.8. The molecule has 1 fully saturated rings. The maximum atomic E-state index is 12.2. The Bertz CT molecular complexity index is 583. The molecule has 0 unspecified atom stereocenters. The summed E-state index contributed by atoms with van der Waals surface area (Å²) in [6.07, 6.45) is 3.67. The highest BCUT2D eigenvalue weighted by atomic mass is 16.3. The van der Waals surface area contributed by atoms with E-state index in [1.54, 1.807) is 30.3 Å². The van der Waals surface area contributed by atoms with Gasteiger partial charge < -0.3 is 10.6 Å². The second kappa shape index (κ2) is 6.57. The first kappa shape index (κ1) is 15.3. The lowest BCUT2D eigenvalue weighted by atomic mass is 9.80. The van der Waals surface area contributed by atoms with Crippen LogP contribution in [-0.4, -0.2) is 32.8 Å². The van der Waals surface area contributed by atoms with Crippen LogP contribution in [0.25, 0.3) is 5.53 Å². The molecule has 0 spiro atoms. The van der Waals surface area contributed by atoms with Gasteiger partial charge in [-0.1, -0.05) is 49.6 Å². The highest BCUT2D eigenvalue weighted by Gasteiger charge is 2.38. The molecule has 110 valence electrons. The molecule has 0 aliphatic heterocycles. The van der Waals surface area contributed by atoms with Crippen molar-refractivity contribution in [1.82, 2.24) is 0 Å². The van der Waals surface area contributed by atoms with Crippen LogP contribution in [0.5, 0.6) is 0 Å². The zero-order chi connectivity index (χ0) is 15.3. The van der Waals surface area contributed by atoms with Crippen LogP contribution < -0.4 is 0 Å². The molecule has 1 N–H and O–H groups in total. The van der Waals surface area contributed by atoms with Gasteiger partial charge in [0, 0.05) is 12.0 Å². The number of benzene rings is 1. The van der Waals surface area contributed by atoms with Crippen LogP contribution in [0, 0.1) is 0 Å². The van der Waals surface area contributed by atoms with Crippen LogP contribution >= 0.6 is 0 Å². The number of nitrogens with zero attached hydrogens (tertiary/aromatic N) is 2. The minimum absolute atomic E-state index is 0.176. The van der Waals surface area contributed by atoms with Gasteiger partial charge in [-0.15, -0.1) is 0 Å². The second-order valence-corrected chi connectivity index (χ2v) is 5.53. The van der Waals surface area contributed by atoms with Gasteiger partial charge in [0.2, 0.25) is 0 Å². The van der Waals surface area contributed by atoms with E-state index in [0.29, 0.717) is 12.8 Å². The van der Waals surface area contributed by atoms with Crippen molar-refractivity contribution in [3.8, 4) is 0 Å². The van der Waals surface area contributed by atoms with E-state index in [1.807, 2.05) is 0 Å². The third kappa shape index (κ3) is 3.72. The average Bonchev–Trinajstić information content (AvgIpc) is 2.49. The molecule has 0 saturated heterocycles. The van der Waals surface area contributed by atoms with Crippen molar-refractivity contribution in [1.29, 1.82) is 0 Å². The van der Waals surface area contributed by atoms with E-state index < -0.39 is 22.9 Å². The van der Waals surface area contributed by atoms with E-state index in [-0.39, 0.29) is 12.0 Å². The standard InChI is InChI=1S/C16H18N2O3/c17-18-14(15(20)12-7-3-1-4-8-12)13(19)11-16(21)9-5-2-6-10-16/h1,3-4,7-8,21H,2,5-6,9-11H2. The molecule has 5 nitrogen and oxygen atoms in total. The molecule has 0 amide bonds. The van der Waals surface area contributed by atoms with Gasteiger partial charge in [-0.25, -0.2) is 0 Å². The number of ketones is 2. The second-order valence-electron chi connectivity index (χ2n) is 5.53. The fraction of sp³-hybridized carbons (Fsp3) is 0.438. The van der Waals surface area contributed by atoms with Gasteiger partial charge in [0.15, 0.2) is 0 Å². The summed E-state index contributed by atoms with van der Waals surface area (Å²) in [4.78, 5) is 27.2. The molecule has 0 atom stereocenters. The van der Waals surface area contributed by atoms with Crippen LogP contribution in [0.2, 0.25) is 0 Å². The summed E-state index contributed by atoms with van der Waals surface area (Å²) < 4.78 is 0. The average molecular weight is 286 g/mol. The molecule has 0 radical (unpaired) electrons. The van der Waals surface area contributed by atoms with Crippen molar-refractivity contribution in [2.45, 2.75) is 44.1 Å². The Morgan fingerprint density at radius 3 is 2.33 bits per heavy atom. The van der Waals surface area contributed by atoms with Gasteiger partial charge in [-0.2, -0.15) is 4.79 Å². The van der Waals surface area contributed by atoms with Crippen LogP contribution in [0.15, 0.2) is 30.3 Å². The van der Waals surface area contributed by atoms with Gasteiger partial charge in [0.1, 0.15) is 0 Å². The number of carbonyl (C=O) groups is 2. The minimum Gasteiger partial charge on any atom is -0.389 e. The largest absolute Gasteiger partial charge is 0.405 e. The molecule has 1 aliphatic carbocycles. The summed E-state index contributed by atoms with van der Waals surface area (Å²) in [7, 11) is 0. The van der Waals surface area contributed by atoms with Crippen LogP contribution in [0.4, 0.5) is 0 Å². The number of Topliss-reactive ketones (excluding diaryl/α,β-unsaturated/α-hetero) is 2. The lowest BCUT2D eigenvalue weighted by molar-refractivity contribution is -0.123. The first-order valence-electron chi connectivity index (χ1n) is 7.13. The Kier molecular flexibility index (Phi) is 4.78. The summed E-state index contributed by atoms with van der Waals surface area (Å²) in [6.45, 7) is 0. The fourth-order valence-electron chi connectivity index (χ4n) is 2.72. The van der Waals surface area contributed by atoms with Crippen LogP contribution in [-0.2, 0) is 4.79 Å². The fourth-order valence-corrected chi connectivity index (χ4v) is 2.72. The van der Waals surface area contributed by atoms with Crippen molar-refractivity contribution in [3.63, 3.8) is 0 Å². The van der Waals surface area contributed by atoms with Crippen molar-refractivity contribution < 1.29 is 19.5 Å². The molecule has 1 saturated carbocycles. The summed E-state index contributed by atoms with van der Waals surface area (Å²) in [5.41, 5.74) is 7.70. The smallest absolute Gasteiger partial charge is 0.389 e. The molecule has 0 bridgehead atoms. The Morgan fingerprint density at radius 1 is 1.14 bits per heavy atom. The predicted molar refractivity (Wildman–Crippen MR) is 77.1 cm³/mol. The number of rotatable bonds is 5. The third-order valence-corrected chi connectivity index (χ3v) is 3.89. The van der Waals surface area contributed by atoms with Gasteiger partial charge >= 0.3 is 5.71 Å². The number of hydrogen-bond donors (Lipinski definition) is 1. The molecule has 5 heteroatoms. The van der Waals surface area contributed by atoms with Crippen molar-refractivity contribution >= 4 is 17.3 Å². The predicted octanol–water partition coefficient (Wildman–Crippen LogP) is 2.19. The molecule has 2 rings (SSSR count). The van der Waals surface area contributed by atoms with Crippen molar-refractivity contribution in [2.24, 2.45) is 0 Å². The number of aliphatic hydroxyl groups is 1. The SMILES string of the molecule is [N-]=[N+]=C(C(=O)CC1(O)CCCCC1)C(=O)c1ccccc1. The van der Waals surface area contributed by atoms with E-state index in [4.69, 9.17) is 5.53 Å². The lowest BCUT2D eigenvalue weighted by Gasteiger charge is -2.30. The van der Waals surface area contributed by atoms with Crippen LogP contribution in [0.3, 0.4) is 0 Å². The van der Waals surface area contributed by atoms with E-state index in [1.165, 1.54) is 0 Å². The molecule has 1 aromatic rings. The Hall–Kier alpha value is -2.10. The highest BCUT2D eigenvalue weighted by molar-refractivity contribution is 6.67. The van der Waals surface area contributed by atoms with Gasteiger partial charge in [0.25, 0.3) is 11.6 Å².